The van der Waals surface area contributed by atoms with Crippen LogP contribution < -0.4 is 4.74 Å². The summed E-state index contributed by atoms with van der Waals surface area (Å²) in [6.45, 7) is 8.00. The molecule has 0 heterocycles. The molecule has 0 amide bonds. The first-order chi connectivity index (χ1) is 8.19. The molecular formula is C13H22O4. The fraction of sp³-hybridized carbons (Fsp3) is 0.462. The molecule has 0 saturated heterocycles. The van der Waals surface area contributed by atoms with Crippen LogP contribution >= 0.6 is 0 Å². The van der Waals surface area contributed by atoms with Crippen LogP contribution in [0.3, 0.4) is 0 Å². The topological polar surface area (TPSA) is 55.8 Å². The van der Waals surface area contributed by atoms with E-state index >= 15 is 0 Å². The van der Waals surface area contributed by atoms with Crippen LogP contribution in [0, 0.1) is 0 Å². The summed E-state index contributed by atoms with van der Waals surface area (Å²) in [6, 6.07) is 4.32. The van der Waals surface area contributed by atoms with Gasteiger partial charge in [0.2, 0.25) is 0 Å². The Morgan fingerprint density at radius 2 is 1.65 bits per heavy atom. The zero-order valence-electron chi connectivity index (χ0n) is 11.4. The molecular weight excluding hydrogens is 220 g/mol. The Hall–Kier alpha value is -1.71. The van der Waals surface area contributed by atoms with E-state index in [0.717, 1.165) is 0 Å². The maximum Gasteiger partial charge on any atom is 0.337 e. The van der Waals surface area contributed by atoms with Gasteiger partial charge in [-0.2, -0.15) is 0 Å². The third-order valence-corrected chi connectivity index (χ3v) is 1.60. The Labute approximate surface area is 103 Å². The van der Waals surface area contributed by atoms with Gasteiger partial charge in [-0.3, -0.25) is 0 Å². The van der Waals surface area contributed by atoms with Crippen molar-refractivity contribution in [2.24, 2.45) is 0 Å². The number of esters is 1. The van der Waals surface area contributed by atoms with Gasteiger partial charge in [0.25, 0.3) is 0 Å². The Morgan fingerprint density at radius 1 is 1.12 bits per heavy atom. The van der Waals surface area contributed by atoms with E-state index in [-0.39, 0.29) is 5.75 Å². The summed E-state index contributed by atoms with van der Waals surface area (Å²) >= 11 is 0. The molecule has 0 spiro atoms. The van der Waals surface area contributed by atoms with Crippen LogP contribution in [-0.4, -0.2) is 25.3 Å². The zero-order chi connectivity index (χ0) is 13.8. The van der Waals surface area contributed by atoms with Gasteiger partial charge in [0.1, 0.15) is 0 Å². The number of ether oxygens (including phenoxy) is 2. The summed E-state index contributed by atoms with van der Waals surface area (Å²) in [5.74, 6) is -0.240. The molecule has 4 heteroatoms. The van der Waals surface area contributed by atoms with E-state index in [2.05, 4.69) is 4.74 Å². The number of aromatic hydroxyl groups is 1. The molecule has 0 unspecified atom stereocenters. The molecule has 1 aromatic carbocycles. The second-order valence-corrected chi connectivity index (χ2v) is 2.38. The standard InChI is InChI=1S/C9H10O4.2C2H6/c1-12-8-4-3-6(5-7(8)10)9(11)13-2;2*1-2/h3-5,10H,1-2H3;2*1-2H3. The molecule has 0 saturated carbocycles. The van der Waals surface area contributed by atoms with Gasteiger partial charge in [0.05, 0.1) is 19.8 Å². The molecule has 1 N–H and O–H groups in total. The average molecular weight is 242 g/mol. The molecule has 1 aromatic rings. The fourth-order valence-corrected chi connectivity index (χ4v) is 0.935. The summed E-state index contributed by atoms with van der Waals surface area (Å²) < 4.78 is 9.29. The van der Waals surface area contributed by atoms with Crippen molar-refractivity contribution in [3.63, 3.8) is 0 Å². The molecule has 0 aromatic heterocycles. The molecule has 1 rings (SSSR count). The second-order valence-electron chi connectivity index (χ2n) is 2.38. The lowest BCUT2D eigenvalue weighted by Gasteiger charge is -2.04. The van der Waals surface area contributed by atoms with E-state index in [4.69, 9.17) is 4.74 Å². The van der Waals surface area contributed by atoms with E-state index in [9.17, 15) is 9.90 Å². The quantitative estimate of drug-likeness (QED) is 0.809. The minimum absolute atomic E-state index is 0.0783. The predicted molar refractivity (Wildman–Crippen MR) is 68.7 cm³/mol. The normalized spacial score (nSPS) is 7.88. The fourth-order valence-electron chi connectivity index (χ4n) is 0.935. The highest BCUT2D eigenvalue weighted by Gasteiger charge is 2.08. The Kier molecular flexibility index (Phi) is 11.2. The zero-order valence-corrected chi connectivity index (χ0v) is 11.4. The van der Waals surface area contributed by atoms with Gasteiger partial charge in [0, 0.05) is 0 Å². The maximum absolute atomic E-state index is 11.0. The van der Waals surface area contributed by atoms with Gasteiger partial charge in [-0.1, -0.05) is 27.7 Å². The third kappa shape index (κ3) is 5.80. The van der Waals surface area contributed by atoms with Crippen LogP contribution in [0.5, 0.6) is 11.5 Å². The van der Waals surface area contributed by atoms with Crippen LogP contribution in [-0.2, 0) is 4.74 Å². The van der Waals surface area contributed by atoms with Gasteiger partial charge in [-0.15, -0.1) is 0 Å². The summed E-state index contributed by atoms with van der Waals surface area (Å²) in [6.07, 6.45) is 0. The number of hydrogen-bond donors (Lipinski definition) is 1. The summed E-state index contributed by atoms with van der Waals surface area (Å²) in [4.78, 5) is 11.0. The molecule has 0 bridgehead atoms. The van der Waals surface area contributed by atoms with Crippen molar-refractivity contribution in [1.29, 1.82) is 0 Å². The molecule has 0 radical (unpaired) electrons. The molecule has 0 aliphatic rings. The Balaban J connectivity index is 0. The predicted octanol–water partition coefficient (Wildman–Crippen LogP) is 3.24. The maximum atomic E-state index is 11.0. The van der Waals surface area contributed by atoms with Gasteiger partial charge < -0.3 is 14.6 Å². The smallest absolute Gasteiger partial charge is 0.337 e. The monoisotopic (exact) mass is 242 g/mol. The minimum Gasteiger partial charge on any atom is -0.504 e. The largest absolute Gasteiger partial charge is 0.504 e. The molecule has 4 nitrogen and oxygen atoms in total. The van der Waals surface area contributed by atoms with Crippen molar-refractivity contribution in [3.05, 3.63) is 23.8 Å². The lowest BCUT2D eigenvalue weighted by Crippen LogP contribution is -2.00. The van der Waals surface area contributed by atoms with Crippen LogP contribution in [0.15, 0.2) is 18.2 Å². The highest BCUT2D eigenvalue weighted by Crippen LogP contribution is 2.26. The number of rotatable bonds is 2. The summed E-state index contributed by atoms with van der Waals surface area (Å²) in [5, 5.41) is 9.30. The van der Waals surface area contributed by atoms with Gasteiger partial charge >= 0.3 is 5.97 Å². The number of hydrogen-bond acceptors (Lipinski definition) is 4. The molecule has 17 heavy (non-hydrogen) atoms. The van der Waals surface area contributed by atoms with Gasteiger partial charge in [-0.05, 0) is 18.2 Å². The van der Waals surface area contributed by atoms with Crippen LogP contribution in [0.4, 0.5) is 0 Å². The first kappa shape index (κ1) is 17.7. The summed E-state index contributed by atoms with van der Waals surface area (Å²) in [7, 11) is 2.72. The SMILES string of the molecule is CC.CC.COC(=O)c1ccc(OC)c(O)c1. The number of benzene rings is 1. The van der Waals surface area contributed by atoms with Crippen LogP contribution in [0.2, 0.25) is 0 Å². The second kappa shape index (κ2) is 10.8. The molecule has 0 aliphatic carbocycles. The summed E-state index contributed by atoms with van der Waals surface area (Å²) in [5.41, 5.74) is 0.292. The van der Waals surface area contributed by atoms with Crippen molar-refractivity contribution in [2.45, 2.75) is 27.7 Å². The average Bonchev–Trinajstić information content (AvgIpc) is 2.42. The molecule has 0 atom stereocenters. The van der Waals surface area contributed by atoms with Crippen molar-refractivity contribution in [3.8, 4) is 11.5 Å². The molecule has 0 aliphatic heterocycles. The van der Waals surface area contributed by atoms with Crippen molar-refractivity contribution >= 4 is 5.97 Å². The lowest BCUT2D eigenvalue weighted by molar-refractivity contribution is 0.0600. The van der Waals surface area contributed by atoms with E-state index < -0.39 is 5.97 Å². The Morgan fingerprint density at radius 3 is 2.00 bits per heavy atom. The minimum atomic E-state index is -0.488. The molecule has 0 fully saturated rings. The van der Waals surface area contributed by atoms with E-state index in [1.54, 1.807) is 0 Å². The highest BCUT2D eigenvalue weighted by molar-refractivity contribution is 5.90. The van der Waals surface area contributed by atoms with Gasteiger partial charge in [0.15, 0.2) is 11.5 Å². The number of carbonyl (C=O) groups is 1. The number of phenols is 1. The van der Waals surface area contributed by atoms with E-state index in [1.165, 1.54) is 32.4 Å². The van der Waals surface area contributed by atoms with Crippen molar-refractivity contribution in [1.82, 2.24) is 0 Å². The molecule has 98 valence electrons. The van der Waals surface area contributed by atoms with E-state index in [1.807, 2.05) is 27.7 Å². The Bertz CT molecular complexity index is 321. The number of methoxy groups -OCH3 is 2. The van der Waals surface area contributed by atoms with Crippen molar-refractivity contribution in [2.75, 3.05) is 14.2 Å². The van der Waals surface area contributed by atoms with Gasteiger partial charge in [-0.25, -0.2) is 4.79 Å². The first-order valence-electron chi connectivity index (χ1n) is 5.64. The van der Waals surface area contributed by atoms with Crippen LogP contribution in [0.25, 0.3) is 0 Å². The highest BCUT2D eigenvalue weighted by atomic mass is 16.5. The van der Waals surface area contributed by atoms with Crippen LogP contribution in [0.1, 0.15) is 38.1 Å². The first-order valence-corrected chi connectivity index (χ1v) is 5.64. The van der Waals surface area contributed by atoms with E-state index in [0.29, 0.717) is 11.3 Å². The third-order valence-electron chi connectivity index (χ3n) is 1.60. The number of carbonyl (C=O) groups excluding carboxylic acids is 1. The van der Waals surface area contributed by atoms with Crippen molar-refractivity contribution < 1.29 is 19.4 Å². The lowest BCUT2D eigenvalue weighted by atomic mass is 10.2. The number of phenolic OH excluding ortho intramolecular Hbond substituents is 1.